The van der Waals surface area contributed by atoms with Gasteiger partial charge in [-0.25, -0.2) is 9.59 Å². The number of alkyl carbamates (subject to hydrolysis) is 1. The fourth-order valence-corrected chi connectivity index (χ4v) is 1.30. The molecule has 1 atom stereocenters. The van der Waals surface area contributed by atoms with E-state index in [9.17, 15) is 9.59 Å². The highest BCUT2D eigenvalue weighted by Crippen LogP contribution is 2.16. The van der Waals surface area contributed by atoms with Gasteiger partial charge >= 0.3 is 12.1 Å². The summed E-state index contributed by atoms with van der Waals surface area (Å²) in [5, 5.41) is 11.5. The number of carboxylic acid groups (broad SMARTS) is 1. The fourth-order valence-electron chi connectivity index (χ4n) is 1.30. The van der Waals surface area contributed by atoms with Crippen molar-refractivity contribution >= 4 is 12.1 Å². The Kier molecular flexibility index (Phi) is 5.70. The second-order valence-electron chi connectivity index (χ2n) is 5.32. The molecule has 18 heavy (non-hydrogen) atoms. The number of aliphatic carboxylic acids is 1. The maximum absolute atomic E-state index is 11.6. The lowest BCUT2D eigenvalue weighted by Crippen LogP contribution is -2.53. The lowest BCUT2D eigenvalue weighted by molar-refractivity contribution is -0.144. The first-order valence-corrected chi connectivity index (χ1v) is 5.79. The van der Waals surface area contributed by atoms with Gasteiger partial charge < -0.3 is 15.2 Å². The van der Waals surface area contributed by atoms with Crippen LogP contribution in [0.25, 0.3) is 0 Å². The van der Waals surface area contributed by atoms with Crippen LogP contribution in [0, 0.1) is 12.3 Å². The lowest BCUT2D eigenvalue weighted by Gasteiger charge is -2.28. The molecule has 1 amide bonds. The number of hydrogen-bond donors (Lipinski definition) is 2. The number of nitrogens with one attached hydrogen (secondary N) is 1. The van der Waals surface area contributed by atoms with Gasteiger partial charge in [0.1, 0.15) is 11.1 Å². The highest BCUT2D eigenvalue weighted by Gasteiger charge is 2.35. The number of unbranched alkanes of at least 4 members (excludes halogenated alkanes) is 1. The lowest BCUT2D eigenvalue weighted by atomic mass is 9.95. The molecular formula is C13H21NO4. The minimum atomic E-state index is -1.36. The molecule has 0 aliphatic carbocycles. The van der Waals surface area contributed by atoms with Crippen molar-refractivity contribution in [2.75, 3.05) is 0 Å². The molecule has 5 heteroatoms. The summed E-state index contributed by atoms with van der Waals surface area (Å²) < 4.78 is 5.04. The quantitative estimate of drug-likeness (QED) is 0.583. The van der Waals surface area contributed by atoms with Crippen molar-refractivity contribution < 1.29 is 19.4 Å². The maximum atomic E-state index is 11.6. The number of rotatable bonds is 5. The minimum Gasteiger partial charge on any atom is -0.480 e. The van der Waals surface area contributed by atoms with Crippen molar-refractivity contribution in [3.8, 4) is 12.3 Å². The first kappa shape index (κ1) is 16.3. The zero-order valence-corrected chi connectivity index (χ0v) is 11.4. The van der Waals surface area contributed by atoms with Crippen LogP contribution in [0.4, 0.5) is 4.79 Å². The second kappa shape index (κ2) is 6.29. The van der Waals surface area contributed by atoms with Gasteiger partial charge in [-0.1, -0.05) is 0 Å². The van der Waals surface area contributed by atoms with Gasteiger partial charge in [-0.05, 0) is 40.5 Å². The average molecular weight is 255 g/mol. The van der Waals surface area contributed by atoms with Gasteiger partial charge in [-0.3, -0.25) is 0 Å². The van der Waals surface area contributed by atoms with Gasteiger partial charge in [-0.2, -0.15) is 0 Å². The zero-order chi connectivity index (χ0) is 14.4. The van der Waals surface area contributed by atoms with Gasteiger partial charge in [-0.15, -0.1) is 12.3 Å². The van der Waals surface area contributed by atoms with E-state index in [-0.39, 0.29) is 6.42 Å². The van der Waals surface area contributed by atoms with E-state index in [2.05, 4.69) is 11.2 Å². The van der Waals surface area contributed by atoms with Crippen molar-refractivity contribution in [1.82, 2.24) is 5.32 Å². The maximum Gasteiger partial charge on any atom is 0.408 e. The van der Waals surface area contributed by atoms with Gasteiger partial charge in [0.05, 0.1) is 0 Å². The van der Waals surface area contributed by atoms with E-state index < -0.39 is 23.2 Å². The van der Waals surface area contributed by atoms with Crippen LogP contribution in [0.3, 0.4) is 0 Å². The topological polar surface area (TPSA) is 75.6 Å². The number of amides is 1. The highest BCUT2D eigenvalue weighted by atomic mass is 16.6. The summed E-state index contributed by atoms with van der Waals surface area (Å²) in [7, 11) is 0. The molecule has 0 aromatic heterocycles. The van der Waals surface area contributed by atoms with E-state index in [0.717, 1.165) is 0 Å². The van der Waals surface area contributed by atoms with Gasteiger partial charge in [0, 0.05) is 6.42 Å². The summed E-state index contributed by atoms with van der Waals surface area (Å²) in [6.07, 6.45) is 5.62. The third-order valence-corrected chi connectivity index (χ3v) is 2.25. The number of carbonyl (C=O) groups excluding carboxylic acids is 1. The molecular weight excluding hydrogens is 234 g/mol. The Labute approximate surface area is 108 Å². The van der Waals surface area contributed by atoms with Crippen molar-refractivity contribution in [2.45, 2.75) is 58.1 Å². The molecule has 1 unspecified atom stereocenters. The van der Waals surface area contributed by atoms with Crippen LogP contribution >= 0.6 is 0 Å². The highest BCUT2D eigenvalue weighted by molar-refractivity contribution is 5.83. The van der Waals surface area contributed by atoms with Crippen LogP contribution in [-0.4, -0.2) is 28.3 Å². The molecule has 0 aliphatic rings. The SMILES string of the molecule is C#CCCCC(C)(NC(=O)OC(C)(C)C)C(=O)O. The normalized spacial score (nSPS) is 14.2. The third-order valence-electron chi connectivity index (χ3n) is 2.25. The molecule has 102 valence electrons. The van der Waals surface area contributed by atoms with Crippen molar-refractivity contribution in [3.63, 3.8) is 0 Å². The molecule has 0 aliphatic heterocycles. The number of hydrogen-bond acceptors (Lipinski definition) is 3. The fraction of sp³-hybridized carbons (Fsp3) is 0.692. The zero-order valence-electron chi connectivity index (χ0n) is 11.4. The van der Waals surface area contributed by atoms with E-state index >= 15 is 0 Å². The summed E-state index contributed by atoms with van der Waals surface area (Å²) >= 11 is 0. The number of terminal acetylenes is 1. The largest absolute Gasteiger partial charge is 0.480 e. The van der Waals surface area contributed by atoms with Gasteiger partial charge in [0.25, 0.3) is 0 Å². The number of carbonyl (C=O) groups is 2. The first-order chi connectivity index (χ1) is 8.10. The Balaban J connectivity index is 4.57. The average Bonchev–Trinajstić information content (AvgIpc) is 2.14. The Morgan fingerprint density at radius 3 is 2.28 bits per heavy atom. The molecule has 0 radical (unpaired) electrons. The van der Waals surface area contributed by atoms with Gasteiger partial charge in [0.2, 0.25) is 0 Å². The van der Waals surface area contributed by atoms with Crippen LogP contribution < -0.4 is 5.32 Å². The first-order valence-electron chi connectivity index (χ1n) is 5.79. The molecule has 0 rings (SSSR count). The Morgan fingerprint density at radius 2 is 1.89 bits per heavy atom. The van der Waals surface area contributed by atoms with Crippen LogP contribution in [-0.2, 0) is 9.53 Å². The van der Waals surface area contributed by atoms with E-state index in [4.69, 9.17) is 16.3 Å². The molecule has 0 aromatic carbocycles. The van der Waals surface area contributed by atoms with Crippen LogP contribution in [0.15, 0.2) is 0 Å². The molecule has 0 spiro atoms. The van der Waals surface area contributed by atoms with Crippen LogP contribution in [0.5, 0.6) is 0 Å². The van der Waals surface area contributed by atoms with Gasteiger partial charge in [0.15, 0.2) is 0 Å². The van der Waals surface area contributed by atoms with Crippen molar-refractivity contribution in [2.24, 2.45) is 0 Å². The Bertz CT molecular complexity index is 351. The standard InChI is InChI=1S/C13H21NO4/c1-6-7-8-9-13(5,10(15)16)14-11(17)18-12(2,3)4/h1H,7-9H2,2-5H3,(H,14,17)(H,15,16). The Morgan fingerprint density at radius 1 is 1.33 bits per heavy atom. The smallest absolute Gasteiger partial charge is 0.408 e. The molecule has 0 heterocycles. The predicted octanol–water partition coefficient (Wildman–Crippen LogP) is 2.16. The molecule has 0 saturated carbocycles. The van der Waals surface area contributed by atoms with E-state index in [1.807, 2.05) is 0 Å². The summed E-state index contributed by atoms with van der Waals surface area (Å²) in [5.41, 5.74) is -2.03. The van der Waals surface area contributed by atoms with Crippen molar-refractivity contribution in [3.05, 3.63) is 0 Å². The van der Waals surface area contributed by atoms with Crippen LogP contribution in [0.2, 0.25) is 0 Å². The summed E-state index contributed by atoms with van der Waals surface area (Å²) in [4.78, 5) is 22.8. The second-order valence-corrected chi connectivity index (χ2v) is 5.32. The molecule has 0 aromatic rings. The van der Waals surface area contributed by atoms with Crippen molar-refractivity contribution in [1.29, 1.82) is 0 Å². The number of ether oxygens (including phenoxy) is 1. The summed E-state index contributed by atoms with van der Waals surface area (Å²) in [5.74, 6) is 1.33. The summed E-state index contributed by atoms with van der Waals surface area (Å²) in [6.45, 7) is 6.57. The predicted molar refractivity (Wildman–Crippen MR) is 68.1 cm³/mol. The third kappa shape index (κ3) is 6.14. The molecule has 0 bridgehead atoms. The molecule has 0 saturated heterocycles. The molecule has 5 nitrogen and oxygen atoms in total. The monoisotopic (exact) mass is 255 g/mol. The van der Waals surface area contributed by atoms with E-state index in [1.54, 1.807) is 20.8 Å². The minimum absolute atomic E-state index is 0.256. The van der Waals surface area contributed by atoms with E-state index in [1.165, 1.54) is 6.92 Å². The molecule has 2 N–H and O–H groups in total. The Hall–Kier alpha value is -1.70. The van der Waals surface area contributed by atoms with Crippen LogP contribution in [0.1, 0.15) is 47.0 Å². The van der Waals surface area contributed by atoms with E-state index in [0.29, 0.717) is 12.8 Å². The number of carboxylic acids is 1. The summed E-state index contributed by atoms with van der Waals surface area (Å²) in [6, 6.07) is 0. The molecule has 0 fully saturated rings.